The van der Waals surface area contributed by atoms with Gasteiger partial charge in [-0.3, -0.25) is 4.79 Å². The molecule has 3 heterocycles. The number of hydrogen-bond donors (Lipinski definition) is 1. The lowest BCUT2D eigenvalue weighted by Gasteiger charge is -2.02. The molecule has 1 amide bonds. The largest absolute Gasteiger partial charge is 0.350 e. The lowest BCUT2D eigenvalue weighted by molar-refractivity contribution is 0.0952. The molecule has 0 aliphatic heterocycles. The van der Waals surface area contributed by atoms with E-state index in [2.05, 4.69) is 25.8 Å². The van der Waals surface area contributed by atoms with Gasteiger partial charge in [0.05, 0.1) is 12.7 Å². The van der Waals surface area contributed by atoms with Crippen LogP contribution in [0.1, 0.15) is 16.2 Å². The highest BCUT2D eigenvalue weighted by Gasteiger charge is 2.11. The molecule has 3 rings (SSSR count). The Morgan fingerprint density at radius 1 is 1.52 bits per heavy atom. The summed E-state index contributed by atoms with van der Waals surface area (Å²) in [5.74, 6) is 0.785. The van der Waals surface area contributed by atoms with Crippen molar-refractivity contribution < 1.29 is 9.32 Å². The number of carbonyl (C=O) groups excluding carboxylic acids is 1. The van der Waals surface area contributed by atoms with Gasteiger partial charge in [0, 0.05) is 17.5 Å². The zero-order valence-electron chi connectivity index (χ0n) is 11.2. The van der Waals surface area contributed by atoms with Crippen LogP contribution < -0.4 is 5.32 Å². The fraction of sp³-hybridized carbons (Fsp3) is 0.250. The molecule has 0 saturated carbocycles. The number of thiophene rings is 1. The highest BCUT2D eigenvalue weighted by molar-refractivity contribution is 7.08. The standard InChI is InChI=1S/C12H12N6O2S/c1-8-14-12(20-16-8)10-6-18(17-15-10)4-3-13-11(19)9-2-5-21-7-9/h2,5-7H,3-4H2,1H3,(H,13,19). The van der Waals surface area contributed by atoms with E-state index in [1.165, 1.54) is 11.3 Å². The van der Waals surface area contributed by atoms with Gasteiger partial charge in [-0.15, -0.1) is 5.10 Å². The smallest absolute Gasteiger partial charge is 0.280 e. The van der Waals surface area contributed by atoms with Gasteiger partial charge in [0.25, 0.3) is 11.8 Å². The van der Waals surface area contributed by atoms with Crippen molar-refractivity contribution in [1.29, 1.82) is 0 Å². The summed E-state index contributed by atoms with van der Waals surface area (Å²) in [6.07, 6.45) is 1.70. The molecule has 0 aliphatic rings. The van der Waals surface area contributed by atoms with Gasteiger partial charge in [-0.2, -0.15) is 16.3 Å². The molecule has 8 nitrogen and oxygen atoms in total. The summed E-state index contributed by atoms with van der Waals surface area (Å²) in [6, 6.07) is 1.78. The molecule has 0 aromatic carbocycles. The van der Waals surface area contributed by atoms with Crippen LogP contribution in [0.3, 0.4) is 0 Å². The van der Waals surface area contributed by atoms with E-state index < -0.39 is 0 Å². The van der Waals surface area contributed by atoms with Crippen molar-refractivity contribution in [2.75, 3.05) is 6.54 Å². The van der Waals surface area contributed by atoms with E-state index in [-0.39, 0.29) is 5.91 Å². The Balaban J connectivity index is 1.54. The third-order valence-corrected chi connectivity index (χ3v) is 3.38. The van der Waals surface area contributed by atoms with Crippen LogP contribution in [-0.4, -0.2) is 37.6 Å². The zero-order valence-corrected chi connectivity index (χ0v) is 12.0. The van der Waals surface area contributed by atoms with Crippen LogP contribution in [-0.2, 0) is 6.54 Å². The van der Waals surface area contributed by atoms with Crippen LogP contribution in [0.25, 0.3) is 11.6 Å². The second-order valence-corrected chi connectivity index (χ2v) is 5.06. The Hall–Kier alpha value is -2.55. The van der Waals surface area contributed by atoms with Crippen LogP contribution in [0, 0.1) is 6.92 Å². The van der Waals surface area contributed by atoms with Crippen molar-refractivity contribution >= 4 is 17.2 Å². The van der Waals surface area contributed by atoms with Crippen LogP contribution in [0.15, 0.2) is 27.5 Å². The molecule has 0 saturated heterocycles. The Morgan fingerprint density at radius 2 is 2.43 bits per heavy atom. The van der Waals surface area contributed by atoms with Crippen molar-refractivity contribution in [2.24, 2.45) is 0 Å². The molecule has 0 radical (unpaired) electrons. The number of nitrogens with one attached hydrogen (secondary N) is 1. The molecular formula is C12H12N6O2S. The summed E-state index contributed by atoms with van der Waals surface area (Å²) in [4.78, 5) is 15.8. The van der Waals surface area contributed by atoms with E-state index in [1.54, 1.807) is 29.2 Å². The SMILES string of the molecule is Cc1noc(-c2cn(CCNC(=O)c3ccsc3)nn2)n1. The van der Waals surface area contributed by atoms with Crippen molar-refractivity contribution in [3.05, 3.63) is 34.4 Å². The first kappa shape index (κ1) is 13.4. The minimum atomic E-state index is -0.0934. The maximum absolute atomic E-state index is 11.7. The first-order chi connectivity index (χ1) is 10.2. The summed E-state index contributed by atoms with van der Waals surface area (Å²) in [6.45, 7) is 2.70. The number of carbonyl (C=O) groups is 1. The highest BCUT2D eigenvalue weighted by atomic mass is 32.1. The van der Waals surface area contributed by atoms with Crippen molar-refractivity contribution in [1.82, 2.24) is 30.5 Å². The Labute approximate surface area is 123 Å². The van der Waals surface area contributed by atoms with Gasteiger partial charge in [0.2, 0.25) is 0 Å². The molecule has 3 aromatic rings. The lowest BCUT2D eigenvalue weighted by Crippen LogP contribution is -2.27. The predicted octanol–water partition coefficient (Wildman–Crippen LogP) is 1.13. The minimum absolute atomic E-state index is 0.0934. The Bertz CT molecular complexity index is 733. The summed E-state index contributed by atoms with van der Waals surface area (Å²) >= 11 is 1.49. The first-order valence-electron chi connectivity index (χ1n) is 6.23. The number of nitrogens with zero attached hydrogens (tertiary/aromatic N) is 5. The van der Waals surface area contributed by atoms with Gasteiger partial charge in [0.15, 0.2) is 11.5 Å². The van der Waals surface area contributed by atoms with Crippen LogP contribution in [0.4, 0.5) is 0 Å². The van der Waals surface area contributed by atoms with Crippen molar-refractivity contribution in [3.63, 3.8) is 0 Å². The second kappa shape index (κ2) is 5.83. The fourth-order valence-corrected chi connectivity index (χ4v) is 2.32. The average Bonchev–Trinajstić information content (AvgIpc) is 3.19. The van der Waals surface area contributed by atoms with Crippen molar-refractivity contribution in [3.8, 4) is 11.6 Å². The van der Waals surface area contributed by atoms with E-state index in [9.17, 15) is 4.79 Å². The van der Waals surface area contributed by atoms with Gasteiger partial charge in [-0.05, 0) is 18.4 Å². The third-order valence-electron chi connectivity index (χ3n) is 2.70. The molecule has 108 valence electrons. The number of rotatable bonds is 5. The molecular weight excluding hydrogens is 292 g/mol. The van der Waals surface area contributed by atoms with E-state index in [0.717, 1.165) is 0 Å². The van der Waals surface area contributed by atoms with E-state index >= 15 is 0 Å². The summed E-state index contributed by atoms with van der Waals surface area (Å²) in [5.41, 5.74) is 1.18. The van der Waals surface area contributed by atoms with Crippen LogP contribution >= 0.6 is 11.3 Å². The molecule has 0 unspecified atom stereocenters. The Kier molecular flexibility index (Phi) is 3.73. The molecule has 21 heavy (non-hydrogen) atoms. The summed E-state index contributed by atoms with van der Waals surface area (Å²) in [5, 5.41) is 18.1. The Morgan fingerprint density at radius 3 is 3.14 bits per heavy atom. The summed E-state index contributed by atoms with van der Waals surface area (Å²) < 4.78 is 6.62. The maximum Gasteiger partial charge on any atom is 0.280 e. The van der Waals surface area contributed by atoms with Crippen LogP contribution in [0.5, 0.6) is 0 Å². The predicted molar refractivity (Wildman–Crippen MR) is 74.7 cm³/mol. The molecule has 0 aliphatic carbocycles. The van der Waals surface area contributed by atoms with Gasteiger partial charge in [0.1, 0.15) is 0 Å². The topological polar surface area (TPSA) is 98.7 Å². The highest BCUT2D eigenvalue weighted by Crippen LogP contribution is 2.12. The second-order valence-electron chi connectivity index (χ2n) is 4.28. The number of aryl methyl sites for hydroxylation is 1. The lowest BCUT2D eigenvalue weighted by atomic mass is 10.3. The maximum atomic E-state index is 11.7. The fourth-order valence-electron chi connectivity index (χ4n) is 1.69. The van der Waals surface area contributed by atoms with E-state index in [0.29, 0.717) is 36.1 Å². The van der Waals surface area contributed by atoms with Crippen LogP contribution in [0.2, 0.25) is 0 Å². The zero-order chi connectivity index (χ0) is 14.7. The average molecular weight is 304 g/mol. The van der Waals surface area contributed by atoms with E-state index in [1.807, 2.05) is 5.38 Å². The van der Waals surface area contributed by atoms with Gasteiger partial charge in [-0.1, -0.05) is 10.4 Å². The molecule has 9 heteroatoms. The molecule has 0 fully saturated rings. The molecule has 1 N–H and O–H groups in total. The minimum Gasteiger partial charge on any atom is -0.350 e. The summed E-state index contributed by atoms with van der Waals surface area (Å²) in [7, 11) is 0. The molecule has 3 aromatic heterocycles. The van der Waals surface area contributed by atoms with Gasteiger partial charge >= 0.3 is 0 Å². The van der Waals surface area contributed by atoms with Crippen molar-refractivity contribution in [2.45, 2.75) is 13.5 Å². The van der Waals surface area contributed by atoms with E-state index in [4.69, 9.17) is 4.52 Å². The number of amides is 1. The normalized spacial score (nSPS) is 10.7. The molecule has 0 spiro atoms. The molecule has 0 atom stereocenters. The molecule has 0 bridgehead atoms. The quantitative estimate of drug-likeness (QED) is 0.758. The number of aromatic nitrogens is 5. The van der Waals surface area contributed by atoms with Gasteiger partial charge < -0.3 is 9.84 Å². The third kappa shape index (κ3) is 3.14. The van der Waals surface area contributed by atoms with Gasteiger partial charge in [-0.25, -0.2) is 4.68 Å². The monoisotopic (exact) mass is 304 g/mol. The first-order valence-corrected chi connectivity index (χ1v) is 7.18. The number of hydrogen-bond acceptors (Lipinski definition) is 7.